The molecule has 1 heterocycles. The van der Waals surface area contributed by atoms with Crippen LogP contribution in [-0.4, -0.2) is 44.5 Å². The molecule has 0 atom stereocenters. The van der Waals surface area contributed by atoms with E-state index in [1.807, 2.05) is 6.92 Å². The Morgan fingerprint density at radius 1 is 1.50 bits per heavy atom. The Labute approximate surface area is 117 Å². The highest BCUT2D eigenvalue weighted by atomic mass is 32.2. The van der Waals surface area contributed by atoms with Crippen molar-refractivity contribution >= 4 is 21.9 Å². The quantitative estimate of drug-likeness (QED) is 0.619. The molecular formula is C12H17F2N3O2S. The minimum absolute atomic E-state index is 0.230. The lowest BCUT2D eigenvalue weighted by atomic mass is 10.2. The predicted octanol–water partition coefficient (Wildman–Crippen LogP) is 2.34. The maximum Gasteiger partial charge on any atom is 0.266 e. The van der Waals surface area contributed by atoms with Crippen molar-refractivity contribution in [3.05, 3.63) is 17.3 Å². The third-order valence-electron chi connectivity index (χ3n) is 2.66. The summed E-state index contributed by atoms with van der Waals surface area (Å²) >= 11 is 0. The molecule has 0 unspecified atom stereocenters. The van der Waals surface area contributed by atoms with Crippen LogP contribution in [0.5, 0.6) is 0 Å². The summed E-state index contributed by atoms with van der Waals surface area (Å²) in [5.74, 6) is 0. The monoisotopic (exact) mass is 305 g/mol. The molecule has 0 saturated heterocycles. The van der Waals surface area contributed by atoms with Gasteiger partial charge in [0.15, 0.2) is 14.9 Å². The molecule has 0 fully saturated rings. The lowest BCUT2D eigenvalue weighted by Gasteiger charge is -2.11. The van der Waals surface area contributed by atoms with Gasteiger partial charge in [-0.05, 0) is 19.9 Å². The van der Waals surface area contributed by atoms with Gasteiger partial charge in [0.1, 0.15) is 0 Å². The average molecular weight is 305 g/mol. The van der Waals surface area contributed by atoms with Crippen molar-refractivity contribution in [3.8, 4) is 0 Å². The maximum absolute atomic E-state index is 13.0. The van der Waals surface area contributed by atoms with E-state index in [1.165, 1.54) is 13.3 Å². The van der Waals surface area contributed by atoms with Gasteiger partial charge in [0, 0.05) is 19.8 Å². The van der Waals surface area contributed by atoms with Gasteiger partial charge in [-0.25, -0.2) is 27.2 Å². The number of hydrogen-bond acceptors (Lipinski definition) is 4. The SMILES string of the molecule is CCN(C)/C=N/c1cc(C(F)F)c(S(C)(=O)=O)nc1C. The van der Waals surface area contributed by atoms with Crippen molar-refractivity contribution in [2.45, 2.75) is 25.3 Å². The van der Waals surface area contributed by atoms with Crippen LogP contribution >= 0.6 is 0 Å². The molecule has 0 aliphatic rings. The summed E-state index contributed by atoms with van der Waals surface area (Å²) < 4.78 is 48.9. The van der Waals surface area contributed by atoms with Gasteiger partial charge in [-0.3, -0.25) is 0 Å². The van der Waals surface area contributed by atoms with Crippen LogP contribution in [0.3, 0.4) is 0 Å². The Bertz CT molecular complexity index is 615. The van der Waals surface area contributed by atoms with Crippen molar-refractivity contribution in [3.63, 3.8) is 0 Å². The highest BCUT2D eigenvalue weighted by Gasteiger charge is 2.23. The maximum atomic E-state index is 13.0. The van der Waals surface area contributed by atoms with Crippen molar-refractivity contribution in [2.24, 2.45) is 4.99 Å². The molecule has 8 heteroatoms. The number of halogens is 2. The van der Waals surface area contributed by atoms with Crippen molar-refractivity contribution < 1.29 is 17.2 Å². The smallest absolute Gasteiger partial charge is 0.266 e. The predicted molar refractivity (Wildman–Crippen MR) is 73.5 cm³/mol. The zero-order valence-electron chi connectivity index (χ0n) is 11.8. The minimum Gasteiger partial charge on any atom is -0.366 e. The van der Waals surface area contributed by atoms with E-state index in [0.29, 0.717) is 6.54 Å². The second-order valence-electron chi connectivity index (χ2n) is 4.38. The Morgan fingerprint density at radius 3 is 2.55 bits per heavy atom. The molecule has 0 spiro atoms. The van der Waals surface area contributed by atoms with Crippen LogP contribution in [0.2, 0.25) is 0 Å². The molecule has 5 nitrogen and oxygen atoms in total. The molecule has 0 aliphatic carbocycles. The largest absolute Gasteiger partial charge is 0.366 e. The summed E-state index contributed by atoms with van der Waals surface area (Å²) in [6.45, 7) is 4.15. The molecule has 0 radical (unpaired) electrons. The molecule has 0 aliphatic heterocycles. The van der Waals surface area contributed by atoms with E-state index >= 15 is 0 Å². The van der Waals surface area contributed by atoms with Gasteiger partial charge in [-0.2, -0.15) is 0 Å². The summed E-state index contributed by atoms with van der Waals surface area (Å²) in [7, 11) is -2.02. The highest BCUT2D eigenvalue weighted by molar-refractivity contribution is 7.90. The summed E-state index contributed by atoms with van der Waals surface area (Å²) in [5, 5.41) is -0.590. The highest BCUT2D eigenvalue weighted by Crippen LogP contribution is 2.30. The molecule has 1 aromatic heterocycles. The molecule has 0 N–H and O–H groups in total. The Balaban J connectivity index is 3.38. The Morgan fingerprint density at radius 2 is 2.10 bits per heavy atom. The first kappa shape index (κ1) is 16.5. The summed E-state index contributed by atoms with van der Waals surface area (Å²) in [5.41, 5.74) is -0.104. The molecule has 0 saturated carbocycles. The topological polar surface area (TPSA) is 62.6 Å². The van der Waals surface area contributed by atoms with E-state index in [1.54, 1.807) is 11.9 Å². The van der Waals surface area contributed by atoms with Crippen LogP contribution in [0, 0.1) is 6.92 Å². The van der Waals surface area contributed by atoms with E-state index in [4.69, 9.17) is 0 Å². The second kappa shape index (κ2) is 6.25. The average Bonchev–Trinajstić information content (AvgIpc) is 2.35. The molecule has 0 amide bonds. The fraction of sp³-hybridized carbons (Fsp3) is 0.500. The van der Waals surface area contributed by atoms with Gasteiger partial charge >= 0.3 is 0 Å². The van der Waals surface area contributed by atoms with E-state index in [9.17, 15) is 17.2 Å². The fourth-order valence-corrected chi connectivity index (χ4v) is 2.29. The number of aromatic nitrogens is 1. The number of sulfone groups is 1. The van der Waals surface area contributed by atoms with E-state index in [2.05, 4.69) is 9.98 Å². The number of nitrogens with zero attached hydrogens (tertiary/aromatic N) is 3. The van der Waals surface area contributed by atoms with Crippen LogP contribution in [0.1, 0.15) is 24.6 Å². The van der Waals surface area contributed by atoms with Crippen LogP contribution in [-0.2, 0) is 9.84 Å². The number of alkyl halides is 2. The molecule has 1 rings (SSSR count). The number of aliphatic imine (C=N–C) groups is 1. The zero-order valence-corrected chi connectivity index (χ0v) is 12.6. The second-order valence-corrected chi connectivity index (χ2v) is 6.31. The minimum atomic E-state index is -3.81. The number of pyridine rings is 1. The normalized spacial score (nSPS) is 12.3. The van der Waals surface area contributed by atoms with Crippen LogP contribution in [0.4, 0.5) is 14.5 Å². The number of rotatable bonds is 5. The van der Waals surface area contributed by atoms with Crippen LogP contribution in [0.25, 0.3) is 0 Å². The van der Waals surface area contributed by atoms with Crippen molar-refractivity contribution in [1.29, 1.82) is 0 Å². The fourth-order valence-electron chi connectivity index (χ4n) is 1.41. The lowest BCUT2D eigenvalue weighted by Crippen LogP contribution is -2.14. The van der Waals surface area contributed by atoms with Gasteiger partial charge in [0.2, 0.25) is 0 Å². The van der Waals surface area contributed by atoms with Gasteiger partial charge < -0.3 is 4.90 Å². The molecule has 0 aromatic carbocycles. The van der Waals surface area contributed by atoms with Crippen molar-refractivity contribution in [1.82, 2.24) is 9.88 Å². The molecular weight excluding hydrogens is 288 g/mol. The first-order chi connectivity index (χ1) is 9.16. The van der Waals surface area contributed by atoms with E-state index in [0.717, 1.165) is 12.3 Å². The van der Waals surface area contributed by atoms with Crippen LogP contribution < -0.4 is 0 Å². The Kier molecular flexibility index (Phi) is 5.15. The molecule has 112 valence electrons. The summed E-state index contributed by atoms with van der Waals surface area (Å²) in [6.07, 6.45) is -0.584. The third kappa shape index (κ3) is 3.96. The standard InChI is InChI=1S/C12H17F2N3O2S/c1-5-17(3)7-15-10-6-9(11(13)14)12(16-8(10)2)20(4,18)19/h6-7,11H,5H2,1-4H3/b15-7+. The first-order valence-corrected chi connectivity index (χ1v) is 7.80. The third-order valence-corrected chi connectivity index (χ3v) is 3.69. The van der Waals surface area contributed by atoms with Gasteiger partial charge in [0.05, 0.1) is 23.3 Å². The van der Waals surface area contributed by atoms with Crippen molar-refractivity contribution in [2.75, 3.05) is 19.8 Å². The number of aryl methyl sites for hydroxylation is 1. The molecule has 1 aromatic rings. The van der Waals surface area contributed by atoms with Gasteiger partial charge in [0.25, 0.3) is 6.43 Å². The summed E-state index contributed by atoms with van der Waals surface area (Å²) in [4.78, 5) is 9.58. The molecule has 20 heavy (non-hydrogen) atoms. The lowest BCUT2D eigenvalue weighted by molar-refractivity contribution is 0.147. The molecule has 0 bridgehead atoms. The number of hydrogen-bond donors (Lipinski definition) is 0. The van der Waals surface area contributed by atoms with Crippen LogP contribution in [0.15, 0.2) is 16.1 Å². The van der Waals surface area contributed by atoms with E-state index in [-0.39, 0.29) is 11.4 Å². The van der Waals surface area contributed by atoms with Gasteiger partial charge in [-0.1, -0.05) is 0 Å². The summed E-state index contributed by atoms with van der Waals surface area (Å²) in [6, 6.07) is 1.07. The zero-order chi connectivity index (χ0) is 15.5. The van der Waals surface area contributed by atoms with Gasteiger partial charge in [-0.15, -0.1) is 0 Å². The Hall–Kier alpha value is -1.57. The van der Waals surface area contributed by atoms with E-state index < -0.39 is 26.9 Å². The first-order valence-electron chi connectivity index (χ1n) is 5.91.